The van der Waals surface area contributed by atoms with E-state index in [1.54, 1.807) is 24.3 Å². The van der Waals surface area contributed by atoms with Gasteiger partial charge >= 0.3 is 0 Å². The van der Waals surface area contributed by atoms with Crippen molar-refractivity contribution < 1.29 is 9.53 Å². The van der Waals surface area contributed by atoms with Gasteiger partial charge in [-0.15, -0.1) is 0 Å². The third kappa shape index (κ3) is 4.51. The molecule has 0 fully saturated rings. The highest BCUT2D eigenvalue weighted by atomic mass is 16.5. The first-order chi connectivity index (χ1) is 11.5. The SMILES string of the molecule is CC[C@H](Oc1ccccc1[C@@H](C)CC)C(=O)Nc1ccc(N)cc1. The van der Waals surface area contributed by atoms with Crippen LogP contribution in [-0.2, 0) is 4.79 Å². The van der Waals surface area contributed by atoms with E-state index in [4.69, 9.17) is 10.5 Å². The van der Waals surface area contributed by atoms with Crippen molar-refractivity contribution in [2.75, 3.05) is 11.1 Å². The molecule has 0 heterocycles. The minimum atomic E-state index is -0.534. The van der Waals surface area contributed by atoms with E-state index in [9.17, 15) is 4.79 Å². The number of rotatable bonds is 7. The van der Waals surface area contributed by atoms with Crippen molar-refractivity contribution in [2.45, 2.75) is 45.6 Å². The van der Waals surface area contributed by atoms with Crippen molar-refractivity contribution in [3.05, 3.63) is 54.1 Å². The standard InChI is InChI=1S/C20H26N2O2/c1-4-14(3)17-8-6-7-9-19(17)24-18(5-2)20(23)22-16-12-10-15(21)11-13-16/h6-14,18H,4-5,21H2,1-3H3,(H,22,23)/t14-,18-/m0/s1. The summed E-state index contributed by atoms with van der Waals surface area (Å²) in [6, 6.07) is 15.0. The number of nitrogens with one attached hydrogen (secondary N) is 1. The zero-order valence-corrected chi connectivity index (χ0v) is 14.6. The molecule has 0 aliphatic carbocycles. The molecule has 0 saturated carbocycles. The first kappa shape index (κ1) is 17.9. The molecule has 4 nitrogen and oxygen atoms in total. The summed E-state index contributed by atoms with van der Waals surface area (Å²) in [6.07, 6.45) is 1.08. The molecule has 0 aliphatic rings. The van der Waals surface area contributed by atoms with Gasteiger partial charge in [0.2, 0.25) is 0 Å². The number of ether oxygens (including phenoxy) is 1. The van der Waals surface area contributed by atoms with E-state index < -0.39 is 6.10 Å². The van der Waals surface area contributed by atoms with Gasteiger partial charge in [0, 0.05) is 11.4 Å². The van der Waals surface area contributed by atoms with Gasteiger partial charge in [-0.3, -0.25) is 4.79 Å². The van der Waals surface area contributed by atoms with Crippen molar-refractivity contribution in [1.82, 2.24) is 0 Å². The smallest absolute Gasteiger partial charge is 0.265 e. The molecule has 0 unspecified atom stereocenters. The summed E-state index contributed by atoms with van der Waals surface area (Å²) in [7, 11) is 0. The quantitative estimate of drug-likeness (QED) is 0.732. The first-order valence-electron chi connectivity index (χ1n) is 8.47. The number of carbonyl (C=O) groups excluding carboxylic acids is 1. The Morgan fingerprint density at radius 1 is 1.08 bits per heavy atom. The van der Waals surface area contributed by atoms with E-state index in [-0.39, 0.29) is 5.91 Å². The number of para-hydroxylation sites is 1. The molecule has 0 spiro atoms. The maximum absolute atomic E-state index is 12.5. The predicted molar refractivity (Wildman–Crippen MR) is 99.3 cm³/mol. The summed E-state index contributed by atoms with van der Waals surface area (Å²) in [5, 5.41) is 2.88. The minimum Gasteiger partial charge on any atom is -0.480 e. The van der Waals surface area contributed by atoms with Crippen LogP contribution in [0, 0.1) is 0 Å². The minimum absolute atomic E-state index is 0.152. The van der Waals surface area contributed by atoms with E-state index in [0.29, 0.717) is 23.7 Å². The molecule has 2 atom stereocenters. The highest BCUT2D eigenvalue weighted by molar-refractivity contribution is 5.94. The van der Waals surface area contributed by atoms with Gasteiger partial charge < -0.3 is 15.8 Å². The fourth-order valence-electron chi connectivity index (χ4n) is 2.48. The zero-order chi connectivity index (χ0) is 17.5. The summed E-state index contributed by atoms with van der Waals surface area (Å²) in [4.78, 5) is 12.5. The van der Waals surface area contributed by atoms with Crippen LogP contribution >= 0.6 is 0 Å². The Kier molecular flexibility index (Phi) is 6.24. The van der Waals surface area contributed by atoms with Crippen molar-refractivity contribution >= 4 is 17.3 Å². The number of hydrogen-bond acceptors (Lipinski definition) is 3. The fourth-order valence-corrected chi connectivity index (χ4v) is 2.48. The van der Waals surface area contributed by atoms with Crippen LogP contribution in [0.2, 0.25) is 0 Å². The number of anilines is 2. The molecule has 24 heavy (non-hydrogen) atoms. The Hall–Kier alpha value is -2.49. The topological polar surface area (TPSA) is 64.3 Å². The largest absolute Gasteiger partial charge is 0.480 e. The van der Waals surface area contributed by atoms with Crippen molar-refractivity contribution in [2.24, 2.45) is 0 Å². The molecular formula is C20H26N2O2. The van der Waals surface area contributed by atoms with Crippen LogP contribution in [0.25, 0.3) is 0 Å². The first-order valence-corrected chi connectivity index (χ1v) is 8.47. The number of nitrogens with two attached hydrogens (primary N) is 1. The molecule has 0 saturated heterocycles. The summed E-state index contributed by atoms with van der Waals surface area (Å²) in [5.74, 6) is 1.02. The molecule has 2 rings (SSSR count). The summed E-state index contributed by atoms with van der Waals surface area (Å²) < 4.78 is 6.04. The van der Waals surface area contributed by atoms with Gasteiger partial charge in [0.15, 0.2) is 6.10 Å². The Morgan fingerprint density at radius 3 is 2.38 bits per heavy atom. The number of amides is 1. The molecule has 0 radical (unpaired) electrons. The number of carbonyl (C=O) groups is 1. The zero-order valence-electron chi connectivity index (χ0n) is 14.6. The molecule has 2 aromatic carbocycles. The highest BCUT2D eigenvalue weighted by Crippen LogP contribution is 2.29. The molecule has 3 N–H and O–H groups in total. The molecule has 0 aromatic heterocycles. The average molecular weight is 326 g/mol. The fraction of sp³-hybridized carbons (Fsp3) is 0.350. The van der Waals surface area contributed by atoms with Crippen LogP contribution in [0.4, 0.5) is 11.4 Å². The third-order valence-electron chi connectivity index (χ3n) is 4.17. The van der Waals surface area contributed by atoms with Crippen LogP contribution in [0.3, 0.4) is 0 Å². The lowest BCUT2D eigenvalue weighted by Gasteiger charge is -2.21. The number of benzene rings is 2. The Balaban J connectivity index is 2.11. The second kappa shape index (κ2) is 8.39. The molecule has 128 valence electrons. The lowest BCUT2D eigenvalue weighted by Crippen LogP contribution is -2.32. The summed E-state index contributed by atoms with van der Waals surface area (Å²) >= 11 is 0. The molecule has 2 aromatic rings. The van der Waals surface area contributed by atoms with Crippen molar-refractivity contribution in [1.29, 1.82) is 0 Å². The molecule has 0 aliphatic heterocycles. The summed E-state index contributed by atoms with van der Waals surface area (Å²) in [6.45, 7) is 6.25. The van der Waals surface area contributed by atoms with Gasteiger partial charge in [-0.05, 0) is 54.7 Å². The van der Waals surface area contributed by atoms with Gasteiger partial charge in [0.05, 0.1) is 0 Å². The van der Waals surface area contributed by atoms with E-state index in [1.165, 1.54) is 0 Å². The number of hydrogen-bond donors (Lipinski definition) is 2. The Labute approximate surface area is 144 Å². The van der Waals surface area contributed by atoms with Gasteiger partial charge in [0.25, 0.3) is 5.91 Å². The average Bonchev–Trinajstić information content (AvgIpc) is 2.61. The molecule has 4 heteroatoms. The van der Waals surface area contributed by atoms with E-state index >= 15 is 0 Å². The number of nitrogen functional groups attached to an aromatic ring is 1. The van der Waals surface area contributed by atoms with Gasteiger partial charge in [-0.25, -0.2) is 0 Å². The second-order valence-corrected chi connectivity index (χ2v) is 5.97. The van der Waals surface area contributed by atoms with Crippen molar-refractivity contribution in [3.63, 3.8) is 0 Å². The third-order valence-corrected chi connectivity index (χ3v) is 4.17. The highest BCUT2D eigenvalue weighted by Gasteiger charge is 2.20. The molecule has 1 amide bonds. The van der Waals surface area contributed by atoms with Crippen LogP contribution in [0.15, 0.2) is 48.5 Å². The maximum Gasteiger partial charge on any atom is 0.265 e. The second-order valence-electron chi connectivity index (χ2n) is 5.97. The maximum atomic E-state index is 12.5. The monoisotopic (exact) mass is 326 g/mol. The van der Waals surface area contributed by atoms with Crippen LogP contribution in [0.1, 0.15) is 45.1 Å². The molecular weight excluding hydrogens is 300 g/mol. The van der Waals surface area contributed by atoms with Gasteiger partial charge in [0.1, 0.15) is 5.75 Å². The summed E-state index contributed by atoms with van der Waals surface area (Å²) in [5.41, 5.74) is 8.18. The lowest BCUT2D eigenvalue weighted by atomic mass is 9.98. The molecule has 0 bridgehead atoms. The van der Waals surface area contributed by atoms with Crippen LogP contribution in [0.5, 0.6) is 5.75 Å². The van der Waals surface area contributed by atoms with E-state index in [1.807, 2.05) is 25.1 Å². The van der Waals surface area contributed by atoms with Crippen LogP contribution < -0.4 is 15.8 Å². The Bertz CT molecular complexity index is 668. The Morgan fingerprint density at radius 2 is 1.75 bits per heavy atom. The van der Waals surface area contributed by atoms with E-state index in [0.717, 1.165) is 17.7 Å². The van der Waals surface area contributed by atoms with Gasteiger partial charge in [-0.2, -0.15) is 0 Å². The predicted octanol–water partition coefficient (Wildman–Crippen LogP) is 4.58. The van der Waals surface area contributed by atoms with Crippen molar-refractivity contribution in [3.8, 4) is 5.75 Å². The van der Waals surface area contributed by atoms with Gasteiger partial charge in [-0.1, -0.05) is 39.0 Å². The van der Waals surface area contributed by atoms with E-state index in [2.05, 4.69) is 25.2 Å². The normalized spacial score (nSPS) is 13.1. The lowest BCUT2D eigenvalue weighted by molar-refractivity contribution is -0.122. The van der Waals surface area contributed by atoms with Crippen LogP contribution in [-0.4, -0.2) is 12.0 Å².